The average Bonchev–Trinajstić information content (AvgIpc) is 2.34. The lowest BCUT2D eigenvalue weighted by atomic mass is 10.1. The van der Waals surface area contributed by atoms with Gasteiger partial charge >= 0.3 is 0 Å². The smallest absolute Gasteiger partial charge is 0.0143 e. The van der Waals surface area contributed by atoms with Gasteiger partial charge in [0.25, 0.3) is 0 Å². The summed E-state index contributed by atoms with van der Waals surface area (Å²) in [7, 11) is 0. The van der Waals surface area contributed by atoms with Crippen molar-refractivity contribution in [2.24, 2.45) is 0 Å². The quantitative estimate of drug-likeness (QED) is 0.385. The molecule has 0 rings (SSSR count). The SMILES string of the molecule is C=C(C)NCCCCCCCCCCCCCC. The molecule has 0 radical (unpaired) electrons. The average molecular weight is 253 g/mol. The first-order chi connectivity index (χ1) is 8.77. The van der Waals surface area contributed by atoms with Crippen LogP contribution in [-0.4, -0.2) is 6.54 Å². The van der Waals surface area contributed by atoms with Gasteiger partial charge in [0.05, 0.1) is 0 Å². The van der Waals surface area contributed by atoms with E-state index in [2.05, 4.69) is 18.8 Å². The summed E-state index contributed by atoms with van der Waals surface area (Å²) in [6.45, 7) is 9.25. The zero-order chi connectivity index (χ0) is 13.5. The number of rotatable bonds is 14. The van der Waals surface area contributed by atoms with Gasteiger partial charge in [-0.25, -0.2) is 0 Å². The molecule has 0 spiro atoms. The van der Waals surface area contributed by atoms with Gasteiger partial charge in [-0.3, -0.25) is 0 Å². The molecular formula is C17H35N. The fourth-order valence-electron chi connectivity index (χ4n) is 2.27. The van der Waals surface area contributed by atoms with E-state index in [-0.39, 0.29) is 0 Å². The van der Waals surface area contributed by atoms with Gasteiger partial charge in [-0.2, -0.15) is 0 Å². The molecule has 1 heteroatoms. The van der Waals surface area contributed by atoms with E-state index in [0.717, 1.165) is 12.2 Å². The second kappa shape index (κ2) is 14.6. The van der Waals surface area contributed by atoms with E-state index in [1.165, 1.54) is 77.0 Å². The van der Waals surface area contributed by atoms with Gasteiger partial charge in [0, 0.05) is 12.2 Å². The molecule has 108 valence electrons. The second-order valence-corrected chi connectivity index (χ2v) is 5.60. The number of hydrogen-bond acceptors (Lipinski definition) is 1. The van der Waals surface area contributed by atoms with Gasteiger partial charge in [-0.05, 0) is 13.3 Å². The molecule has 0 aromatic rings. The van der Waals surface area contributed by atoms with Crippen molar-refractivity contribution in [3.05, 3.63) is 12.3 Å². The Bertz CT molecular complexity index is 174. The van der Waals surface area contributed by atoms with E-state index >= 15 is 0 Å². The summed E-state index contributed by atoms with van der Waals surface area (Å²) in [4.78, 5) is 0. The minimum absolute atomic E-state index is 1.10. The van der Waals surface area contributed by atoms with Crippen molar-refractivity contribution >= 4 is 0 Å². The molecule has 0 fully saturated rings. The van der Waals surface area contributed by atoms with E-state index < -0.39 is 0 Å². The fourth-order valence-corrected chi connectivity index (χ4v) is 2.27. The summed E-state index contributed by atoms with van der Waals surface area (Å²) in [6.07, 6.45) is 17.0. The molecule has 0 unspecified atom stereocenters. The van der Waals surface area contributed by atoms with Gasteiger partial charge < -0.3 is 5.32 Å². The van der Waals surface area contributed by atoms with Crippen LogP contribution in [0.15, 0.2) is 12.3 Å². The highest BCUT2D eigenvalue weighted by Gasteiger charge is 1.93. The normalized spacial score (nSPS) is 10.6. The summed E-state index contributed by atoms with van der Waals surface area (Å²) in [5.74, 6) is 0. The molecule has 0 atom stereocenters. The highest BCUT2D eigenvalue weighted by atomic mass is 14.9. The molecule has 0 heterocycles. The summed E-state index contributed by atoms with van der Waals surface area (Å²) < 4.78 is 0. The number of allylic oxidation sites excluding steroid dienone is 1. The van der Waals surface area contributed by atoms with E-state index in [4.69, 9.17) is 0 Å². The molecule has 0 aliphatic carbocycles. The van der Waals surface area contributed by atoms with Gasteiger partial charge in [0.15, 0.2) is 0 Å². The first-order valence-electron chi connectivity index (χ1n) is 8.16. The van der Waals surface area contributed by atoms with Crippen molar-refractivity contribution in [1.29, 1.82) is 0 Å². The van der Waals surface area contributed by atoms with Gasteiger partial charge in [-0.1, -0.05) is 84.1 Å². The van der Waals surface area contributed by atoms with Crippen LogP contribution >= 0.6 is 0 Å². The maximum Gasteiger partial charge on any atom is 0.0143 e. The molecule has 0 aromatic carbocycles. The zero-order valence-corrected chi connectivity index (χ0v) is 12.9. The minimum Gasteiger partial charge on any atom is -0.389 e. The van der Waals surface area contributed by atoms with Crippen molar-refractivity contribution in [2.45, 2.75) is 90.9 Å². The fraction of sp³-hybridized carbons (Fsp3) is 0.882. The monoisotopic (exact) mass is 253 g/mol. The van der Waals surface area contributed by atoms with Gasteiger partial charge in [0.2, 0.25) is 0 Å². The Morgan fingerprint density at radius 3 is 1.50 bits per heavy atom. The van der Waals surface area contributed by atoms with Crippen LogP contribution in [0.25, 0.3) is 0 Å². The van der Waals surface area contributed by atoms with Crippen LogP contribution < -0.4 is 5.32 Å². The Kier molecular flexibility index (Phi) is 14.2. The molecule has 1 nitrogen and oxygen atoms in total. The van der Waals surface area contributed by atoms with Crippen LogP contribution in [0.3, 0.4) is 0 Å². The predicted molar refractivity (Wildman–Crippen MR) is 83.9 cm³/mol. The molecule has 0 aliphatic rings. The maximum atomic E-state index is 3.84. The molecule has 0 amide bonds. The van der Waals surface area contributed by atoms with E-state index in [9.17, 15) is 0 Å². The van der Waals surface area contributed by atoms with E-state index in [0.29, 0.717) is 0 Å². The third kappa shape index (κ3) is 15.5. The third-order valence-corrected chi connectivity index (χ3v) is 3.46. The van der Waals surface area contributed by atoms with Crippen molar-refractivity contribution in [1.82, 2.24) is 5.32 Å². The summed E-state index contributed by atoms with van der Waals surface area (Å²) in [6, 6.07) is 0. The van der Waals surface area contributed by atoms with Crippen molar-refractivity contribution in [2.75, 3.05) is 6.54 Å². The first-order valence-corrected chi connectivity index (χ1v) is 8.16. The molecule has 0 saturated heterocycles. The third-order valence-electron chi connectivity index (χ3n) is 3.46. The molecule has 0 saturated carbocycles. The van der Waals surface area contributed by atoms with Crippen molar-refractivity contribution in [3.63, 3.8) is 0 Å². The number of nitrogens with one attached hydrogen (secondary N) is 1. The zero-order valence-electron chi connectivity index (χ0n) is 12.9. The largest absolute Gasteiger partial charge is 0.389 e. The first kappa shape index (κ1) is 17.5. The molecule has 0 aliphatic heterocycles. The molecule has 18 heavy (non-hydrogen) atoms. The lowest BCUT2D eigenvalue weighted by Gasteiger charge is -2.05. The lowest BCUT2D eigenvalue weighted by Crippen LogP contribution is -2.11. The molecule has 0 bridgehead atoms. The Morgan fingerprint density at radius 2 is 1.11 bits per heavy atom. The topological polar surface area (TPSA) is 12.0 Å². The highest BCUT2D eigenvalue weighted by Crippen LogP contribution is 2.11. The Balaban J connectivity index is 2.92. The molecule has 0 aromatic heterocycles. The van der Waals surface area contributed by atoms with Crippen LogP contribution in [0.5, 0.6) is 0 Å². The van der Waals surface area contributed by atoms with Crippen LogP contribution in [0.4, 0.5) is 0 Å². The Morgan fingerprint density at radius 1 is 0.722 bits per heavy atom. The van der Waals surface area contributed by atoms with Crippen LogP contribution in [-0.2, 0) is 0 Å². The van der Waals surface area contributed by atoms with Gasteiger partial charge in [-0.15, -0.1) is 0 Å². The Labute approximate surface area is 115 Å². The summed E-state index contributed by atoms with van der Waals surface area (Å²) >= 11 is 0. The number of hydrogen-bond donors (Lipinski definition) is 1. The minimum atomic E-state index is 1.10. The van der Waals surface area contributed by atoms with Crippen molar-refractivity contribution < 1.29 is 0 Å². The maximum absolute atomic E-state index is 3.84. The summed E-state index contributed by atoms with van der Waals surface area (Å²) in [5.41, 5.74) is 1.10. The van der Waals surface area contributed by atoms with Crippen molar-refractivity contribution in [3.8, 4) is 0 Å². The lowest BCUT2D eigenvalue weighted by molar-refractivity contribution is 0.541. The molecular weight excluding hydrogens is 218 g/mol. The van der Waals surface area contributed by atoms with Crippen LogP contribution in [0, 0.1) is 0 Å². The number of unbranched alkanes of at least 4 members (excludes halogenated alkanes) is 11. The Hall–Kier alpha value is -0.460. The molecule has 1 N–H and O–H groups in total. The second-order valence-electron chi connectivity index (χ2n) is 5.60. The van der Waals surface area contributed by atoms with Crippen LogP contribution in [0.2, 0.25) is 0 Å². The standard InChI is InChI=1S/C17H35N/c1-4-5-6-7-8-9-10-11-12-13-14-15-16-18-17(2)3/h18H,2,4-16H2,1,3H3. The summed E-state index contributed by atoms with van der Waals surface area (Å²) in [5, 5.41) is 3.29. The highest BCUT2D eigenvalue weighted by molar-refractivity contribution is 4.83. The van der Waals surface area contributed by atoms with Gasteiger partial charge in [0.1, 0.15) is 0 Å². The predicted octanol–water partition coefficient (Wildman–Crippen LogP) is 5.81. The van der Waals surface area contributed by atoms with E-state index in [1.807, 2.05) is 6.92 Å². The van der Waals surface area contributed by atoms with Crippen LogP contribution in [0.1, 0.15) is 90.9 Å². The van der Waals surface area contributed by atoms with E-state index in [1.54, 1.807) is 0 Å².